The summed E-state index contributed by atoms with van der Waals surface area (Å²) in [4.78, 5) is 25.9. The van der Waals surface area contributed by atoms with Crippen molar-refractivity contribution >= 4 is 46.4 Å². The van der Waals surface area contributed by atoms with Crippen LogP contribution in [-0.2, 0) is 4.79 Å². The summed E-state index contributed by atoms with van der Waals surface area (Å²) in [5, 5.41) is 6.45. The van der Waals surface area contributed by atoms with Gasteiger partial charge in [0.2, 0.25) is 0 Å². The maximum absolute atomic E-state index is 12.3. The summed E-state index contributed by atoms with van der Waals surface area (Å²) in [7, 11) is 0. The molecule has 2 rings (SSSR count). The first-order chi connectivity index (χ1) is 10.7. The van der Waals surface area contributed by atoms with Gasteiger partial charge in [-0.2, -0.15) is 0 Å². The van der Waals surface area contributed by atoms with E-state index in [9.17, 15) is 9.59 Å². The van der Waals surface area contributed by atoms with Crippen LogP contribution in [0.2, 0.25) is 5.02 Å². The fraction of sp³-hybridized carbons (Fsp3) is 0.438. The lowest BCUT2D eigenvalue weighted by atomic mass is 10.0. The van der Waals surface area contributed by atoms with Crippen LogP contribution in [0.25, 0.3) is 0 Å². The highest BCUT2D eigenvalue weighted by Crippen LogP contribution is 2.26. The second kappa shape index (κ2) is 6.45. The second-order valence-corrected chi connectivity index (χ2v) is 6.99. The van der Waals surface area contributed by atoms with Gasteiger partial charge in [-0.1, -0.05) is 18.5 Å². The fourth-order valence-corrected chi connectivity index (χ4v) is 2.77. The van der Waals surface area contributed by atoms with Gasteiger partial charge in [-0.05, 0) is 57.6 Å². The third kappa shape index (κ3) is 3.64. The van der Waals surface area contributed by atoms with E-state index in [0.29, 0.717) is 16.4 Å². The molecular formula is C16H20ClN3O2S. The van der Waals surface area contributed by atoms with Crippen LogP contribution in [0.1, 0.15) is 44.5 Å². The number of carbonyl (C=O) groups is 2. The van der Waals surface area contributed by atoms with E-state index in [2.05, 4.69) is 10.6 Å². The maximum Gasteiger partial charge on any atom is 0.255 e. The Balaban J connectivity index is 2.27. The minimum Gasteiger partial charge on any atom is -0.350 e. The molecule has 7 heteroatoms. The highest BCUT2D eigenvalue weighted by Gasteiger charge is 2.33. The zero-order chi connectivity index (χ0) is 17.4. The van der Waals surface area contributed by atoms with Crippen molar-refractivity contribution in [3.63, 3.8) is 0 Å². The van der Waals surface area contributed by atoms with Gasteiger partial charge in [0.15, 0.2) is 5.11 Å². The van der Waals surface area contributed by atoms with Crippen molar-refractivity contribution in [1.82, 2.24) is 10.6 Å². The lowest BCUT2D eigenvalue weighted by Gasteiger charge is -2.25. The molecule has 1 aromatic rings. The number of thiocarbonyl (C=S) groups is 1. The number of amides is 2. The molecule has 0 radical (unpaired) electrons. The standard InChI is InChI=1S/C16H20ClN3O2S/c1-5-16(3,4)19-13(21)11-7-6-10(8-12(11)17)20-14(22)9(2)18-15(20)23/h6-9H,5H2,1-4H3,(H,18,23)(H,19,21)/t9-/m0/s1. The Morgan fingerprint density at radius 3 is 2.61 bits per heavy atom. The molecule has 1 aliphatic rings. The van der Waals surface area contributed by atoms with Gasteiger partial charge >= 0.3 is 0 Å². The summed E-state index contributed by atoms with van der Waals surface area (Å²) >= 11 is 11.4. The maximum atomic E-state index is 12.3. The quantitative estimate of drug-likeness (QED) is 0.817. The van der Waals surface area contributed by atoms with E-state index in [1.807, 2.05) is 20.8 Å². The Morgan fingerprint density at radius 1 is 1.48 bits per heavy atom. The molecule has 0 aromatic heterocycles. The van der Waals surface area contributed by atoms with Crippen LogP contribution in [0.4, 0.5) is 5.69 Å². The van der Waals surface area contributed by atoms with Crippen molar-refractivity contribution in [2.75, 3.05) is 4.90 Å². The van der Waals surface area contributed by atoms with Crippen LogP contribution in [0.3, 0.4) is 0 Å². The molecule has 1 heterocycles. The van der Waals surface area contributed by atoms with Crippen molar-refractivity contribution < 1.29 is 9.59 Å². The summed E-state index contributed by atoms with van der Waals surface area (Å²) in [5.74, 6) is -0.384. The number of rotatable bonds is 4. The average molecular weight is 354 g/mol. The van der Waals surface area contributed by atoms with Crippen LogP contribution in [0.5, 0.6) is 0 Å². The van der Waals surface area contributed by atoms with E-state index in [1.165, 1.54) is 4.90 Å². The Kier molecular flexibility index (Phi) is 4.96. The second-order valence-electron chi connectivity index (χ2n) is 6.20. The molecule has 1 fully saturated rings. The van der Waals surface area contributed by atoms with Crippen molar-refractivity contribution in [3.05, 3.63) is 28.8 Å². The number of halogens is 1. The topological polar surface area (TPSA) is 61.4 Å². The van der Waals surface area contributed by atoms with Crippen molar-refractivity contribution in [3.8, 4) is 0 Å². The normalized spacial score (nSPS) is 18.1. The Labute approximate surface area is 146 Å². The molecule has 0 spiro atoms. The molecule has 0 saturated carbocycles. The summed E-state index contributed by atoms with van der Waals surface area (Å²) in [6.07, 6.45) is 0.800. The Morgan fingerprint density at radius 2 is 2.13 bits per heavy atom. The summed E-state index contributed by atoms with van der Waals surface area (Å²) in [5.41, 5.74) is 0.605. The third-order valence-corrected chi connectivity index (χ3v) is 4.54. The molecule has 1 atom stereocenters. The molecule has 0 aliphatic carbocycles. The van der Waals surface area contributed by atoms with Gasteiger partial charge in [0.05, 0.1) is 16.3 Å². The van der Waals surface area contributed by atoms with Gasteiger partial charge in [0.1, 0.15) is 6.04 Å². The number of hydrogen-bond donors (Lipinski definition) is 2. The van der Waals surface area contributed by atoms with Crippen LogP contribution in [0.15, 0.2) is 18.2 Å². The van der Waals surface area contributed by atoms with Crippen LogP contribution in [-0.4, -0.2) is 28.5 Å². The molecule has 1 saturated heterocycles. The molecule has 0 bridgehead atoms. The summed E-state index contributed by atoms with van der Waals surface area (Å²) in [6, 6.07) is 4.50. The number of benzene rings is 1. The molecule has 124 valence electrons. The number of anilines is 1. The first-order valence-corrected chi connectivity index (χ1v) is 8.21. The zero-order valence-corrected chi connectivity index (χ0v) is 15.1. The van der Waals surface area contributed by atoms with Gasteiger partial charge in [0.25, 0.3) is 11.8 Å². The number of carbonyl (C=O) groups excluding carboxylic acids is 2. The van der Waals surface area contributed by atoms with E-state index in [0.717, 1.165) is 6.42 Å². The van der Waals surface area contributed by atoms with E-state index >= 15 is 0 Å². The molecule has 1 aromatic carbocycles. The van der Waals surface area contributed by atoms with E-state index < -0.39 is 0 Å². The molecule has 2 N–H and O–H groups in total. The van der Waals surface area contributed by atoms with Gasteiger partial charge in [-0.3, -0.25) is 14.5 Å². The summed E-state index contributed by atoms with van der Waals surface area (Å²) < 4.78 is 0. The largest absolute Gasteiger partial charge is 0.350 e. The predicted octanol–water partition coefficient (Wildman–Crippen LogP) is 2.87. The first kappa shape index (κ1) is 17.7. The predicted molar refractivity (Wildman–Crippen MR) is 96.0 cm³/mol. The Bertz CT molecular complexity index is 675. The molecule has 2 amide bonds. The van der Waals surface area contributed by atoms with Crippen LogP contribution < -0.4 is 15.5 Å². The lowest BCUT2D eigenvalue weighted by molar-refractivity contribution is -0.117. The van der Waals surface area contributed by atoms with Crippen molar-refractivity contribution in [2.24, 2.45) is 0 Å². The molecular weight excluding hydrogens is 334 g/mol. The average Bonchev–Trinajstić information content (AvgIpc) is 2.71. The first-order valence-electron chi connectivity index (χ1n) is 7.43. The van der Waals surface area contributed by atoms with Gasteiger partial charge in [-0.15, -0.1) is 0 Å². The van der Waals surface area contributed by atoms with Crippen molar-refractivity contribution in [1.29, 1.82) is 0 Å². The van der Waals surface area contributed by atoms with E-state index in [4.69, 9.17) is 23.8 Å². The smallest absolute Gasteiger partial charge is 0.255 e. The molecule has 5 nitrogen and oxygen atoms in total. The van der Waals surface area contributed by atoms with Crippen LogP contribution in [0, 0.1) is 0 Å². The molecule has 23 heavy (non-hydrogen) atoms. The minimum atomic E-state index is -0.366. The number of nitrogens with zero attached hydrogens (tertiary/aromatic N) is 1. The van der Waals surface area contributed by atoms with Gasteiger partial charge < -0.3 is 10.6 Å². The van der Waals surface area contributed by atoms with Crippen LogP contribution >= 0.6 is 23.8 Å². The number of nitrogens with one attached hydrogen (secondary N) is 2. The SMILES string of the molecule is CCC(C)(C)NC(=O)c1ccc(N2C(=O)[C@H](C)NC2=S)cc1Cl. The Hall–Kier alpha value is -1.66. The fourth-order valence-electron chi connectivity index (χ4n) is 2.14. The van der Waals surface area contributed by atoms with Gasteiger partial charge in [0, 0.05) is 5.54 Å². The minimum absolute atomic E-state index is 0.143. The monoisotopic (exact) mass is 353 g/mol. The highest BCUT2D eigenvalue weighted by atomic mass is 35.5. The van der Waals surface area contributed by atoms with E-state index in [1.54, 1.807) is 25.1 Å². The molecule has 1 aliphatic heterocycles. The van der Waals surface area contributed by atoms with Gasteiger partial charge in [-0.25, -0.2) is 0 Å². The molecule has 0 unspecified atom stereocenters. The summed E-state index contributed by atoms with van der Waals surface area (Å²) in [6.45, 7) is 7.63. The zero-order valence-electron chi connectivity index (χ0n) is 13.6. The lowest BCUT2D eigenvalue weighted by Crippen LogP contribution is -2.42. The third-order valence-electron chi connectivity index (χ3n) is 3.93. The number of hydrogen-bond acceptors (Lipinski definition) is 3. The van der Waals surface area contributed by atoms with Crippen molar-refractivity contribution in [2.45, 2.75) is 45.7 Å². The van der Waals surface area contributed by atoms with E-state index in [-0.39, 0.29) is 28.4 Å². The highest BCUT2D eigenvalue weighted by molar-refractivity contribution is 7.80.